The van der Waals surface area contributed by atoms with Crippen LogP contribution in [0.15, 0.2) is 6.20 Å². The van der Waals surface area contributed by atoms with E-state index < -0.39 is 11.7 Å². The normalized spacial score (nSPS) is 17.5. The number of anilines is 1. The number of likely N-dealkylation sites (tertiary alicyclic amines) is 1. The topological polar surface area (TPSA) is 82.3 Å². The molecule has 1 fully saturated rings. The van der Waals surface area contributed by atoms with Gasteiger partial charge in [0.2, 0.25) is 0 Å². The Morgan fingerprint density at radius 1 is 1.45 bits per heavy atom. The first-order chi connectivity index (χ1) is 10.3. The number of nitrogens with one attached hydrogen (secondary N) is 3. The third-order valence-electron chi connectivity index (χ3n) is 3.64. The second-order valence-electron chi connectivity index (χ2n) is 6.86. The summed E-state index contributed by atoms with van der Waals surface area (Å²) in [6.45, 7) is 8.42. The first-order valence-electron chi connectivity index (χ1n) is 7.77. The van der Waals surface area contributed by atoms with Gasteiger partial charge in [-0.05, 0) is 53.8 Å². The van der Waals surface area contributed by atoms with Gasteiger partial charge in [-0.3, -0.25) is 10.4 Å². The van der Waals surface area contributed by atoms with E-state index in [1.165, 1.54) is 0 Å². The molecule has 1 aromatic rings. The van der Waals surface area contributed by atoms with Crippen LogP contribution in [0.3, 0.4) is 0 Å². The lowest BCUT2D eigenvalue weighted by atomic mass is 10.1. The molecule has 22 heavy (non-hydrogen) atoms. The van der Waals surface area contributed by atoms with E-state index in [1.807, 2.05) is 20.8 Å². The lowest BCUT2D eigenvalue weighted by molar-refractivity contribution is 0.0635. The van der Waals surface area contributed by atoms with Crippen molar-refractivity contribution >= 4 is 11.9 Å². The molecule has 1 amide bonds. The summed E-state index contributed by atoms with van der Waals surface area (Å²) in [6.07, 6.45) is 3.54. The van der Waals surface area contributed by atoms with Gasteiger partial charge < -0.3 is 15.0 Å². The molecule has 0 atom stereocenters. The largest absolute Gasteiger partial charge is 0.444 e. The summed E-state index contributed by atoms with van der Waals surface area (Å²) in [6, 6.07) is 0.514. The van der Waals surface area contributed by atoms with Crippen molar-refractivity contribution in [3.63, 3.8) is 0 Å². The van der Waals surface area contributed by atoms with Crippen LogP contribution in [-0.2, 0) is 11.3 Å². The number of hydrogen-bond acceptors (Lipinski definition) is 5. The molecule has 7 nitrogen and oxygen atoms in total. The van der Waals surface area contributed by atoms with Crippen molar-refractivity contribution in [2.24, 2.45) is 0 Å². The van der Waals surface area contributed by atoms with E-state index in [2.05, 4.69) is 32.8 Å². The Morgan fingerprint density at radius 2 is 2.14 bits per heavy atom. The molecule has 0 unspecified atom stereocenters. The van der Waals surface area contributed by atoms with Gasteiger partial charge in [-0.2, -0.15) is 5.10 Å². The smallest absolute Gasteiger partial charge is 0.413 e. The highest BCUT2D eigenvalue weighted by Crippen LogP contribution is 2.15. The van der Waals surface area contributed by atoms with Crippen molar-refractivity contribution in [2.45, 2.75) is 51.8 Å². The maximum atomic E-state index is 11.8. The van der Waals surface area contributed by atoms with Gasteiger partial charge in [-0.25, -0.2) is 4.79 Å². The van der Waals surface area contributed by atoms with Crippen molar-refractivity contribution in [2.75, 3.05) is 25.5 Å². The highest BCUT2D eigenvalue weighted by Gasteiger charge is 2.19. The molecule has 0 aromatic carbocycles. The lowest BCUT2D eigenvalue weighted by Gasteiger charge is -2.29. The fourth-order valence-electron chi connectivity index (χ4n) is 2.43. The van der Waals surface area contributed by atoms with Crippen molar-refractivity contribution in [3.8, 4) is 0 Å². The zero-order valence-corrected chi connectivity index (χ0v) is 13.9. The average molecular weight is 309 g/mol. The number of aromatic nitrogens is 2. The van der Waals surface area contributed by atoms with Gasteiger partial charge in [0.25, 0.3) is 0 Å². The Bertz CT molecular complexity index is 486. The summed E-state index contributed by atoms with van der Waals surface area (Å²) in [5, 5.41) is 13.1. The van der Waals surface area contributed by atoms with Crippen LogP contribution in [0.1, 0.15) is 39.2 Å². The van der Waals surface area contributed by atoms with Crippen LogP contribution in [0.25, 0.3) is 0 Å². The second kappa shape index (κ2) is 7.11. The van der Waals surface area contributed by atoms with Crippen LogP contribution in [0, 0.1) is 0 Å². The first-order valence-corrected chi connectivity index (χ1v) is 7.77. The maximum Gasteiger partial charge on any atom is 0.413 e. The molecule has 124 valence electrons. The third-order valence-corrected chi connectivity index (χ3v) is 3.64. The van der Waals surface area contributed by atoms with Gasteiger partial charge in [0, 0.05) is 18.2 Å². The number of carbonyl (C=O) groups excluding carboxylic acids is 1. The molecule has 2 heterocycles. The molecule has 1 saturated heterocycles. The molecule has 0 saturated carbocycles. The minimum absolute atomic E-state index is 0.475. The number of amides is 1. The molecule has 0 radical (unpaired) electrons. The molecule has 1 aliphatic heterocycles. The number of nitrogens with zero attached hydrogens (tertiary/aromatic N) is 2. The Kier molecular flexibility index (Phi) is 5.42. The molecule has 0 bridgehead atoms. The van der Waals surface area contributed by atoms with E-state index >= 15 is 0 Å². The minimum Gasteiger partial charge on any atom is -0.444 e. The molecule has 3 N–H and O–H groups in total. The van der Waals surface area contributed by atoms with Gasteiger partial charge in [-0.15, -0.1) is 0 Å². The van der Waals surface area contributed by atoms with E-state index in [0.29, 0.717) is 18.4 Å². The van der Waals surface area contributed by atoms with Gasteiger partial charge in [0.1, 0.15) is 11.4 Å². The fraction of sp³-hybridized carbons (Fsp3) is 0.733. The van der Waals surface area contributed by atoms with Gasteiger partial charge in [-0.1, -0.05) is 0 Å². The quantitative estimate of drug-likeness (QED) is 0.792. The van der Waals surface area contributed by atoms with Crippen LogP contribution < -0.4 is 10.6 Å². The number of piperidine rings is 1. The average Bonchev–Trinajstić information content (AvgIpc) is 2.83. The molecule has 1 aliphatic rings. The number of ether oxygens (including phenoxy) is 1. The number of carbonyl (C=O) groups is 1. The third kappa shape index (κ3) is 5.31. The Balaban J connectivity index is 1.83. The Labute approximate surface area is 131 Å². The van der Waals surface area contributed by atoms with E-state index in [0.717, 1.165) is 31.5 Å². The highest BCUT2D eigenvalue weighted by atomic mass is 16.6. The van der Waals surface area contributed by atoms with Crippen LogP contribution in [0.4, 0.5) is 10.6 Å². The zero-order valence-electron chi connectivity index (χ0n) is 13.9. The second-order valence-corrected chi connectivity index (χ2v) is 6.86. The molecular weight excluding hydrogens is 282 g/mol. The molecule has 1 aromatic heterocycles. The fourth-order valence-corrected chi connectivity index (χ4v) is 2.43. The molecule has 0 spiro atoms. The van der Waals surface area contributed by atoms with Gasteiger partial charge >= 0.3 is 6.09 Å². The van der Waals surface area contributed by atoms with E-state index in [9.17, 15) is 4.79 Å². The summed E-state index contributed by atoms with van der Waals surface area (Å²) in [4.78, 5) is 14.2. The minimum atomic E-state index is -0.517. The number of rotatable bonds is 4. The molecule has 7 heteroatoms. The molecule has 0 aliphatic carbocycles. The van der Waals surface area contributed by atoms with Gasteiger partial charge in [0.15, 0.2) is 0 Å². The Hall–Kier alpha value is -1.60. The standard InChI is InChI=1S/C15H27N5O2/c1-15(2,3)22-14(21)18-13-11(10-17-19-13)9-16-12-5-7-20(4)8-6-12/h10,12,16H,5-9H2,1-4H3,(H2,17,18,19,21). The number of aromatic amines is 1. The molecule has 2 rings (SSSR count). The van der Waals surface area contributed by atoms with E-state index in [1.54, 1.807) is 6.20 Å². The predicted octanol–water partition coefficient (Wildman–Crippen LogP) is 1.94. The van der Waals surface area contributed by atoms with Gasteiger partial charge in [0.05, 0.1) is 6.20 Å². The summed E-state index contributed by atoms with van der Waals surface area (Å²) in [5.41, 5.74) is 0.418. The van der Waals surface area contributed by atoms with Crippen molar-refractivity contribution in [1.29, 1.82) is 0 Å². The van der Waals surface area contributed by atoms with E-state index in [-0.39, 0.29) is 0 Å². The van der Waals surface area contributed by atoms with Crippen molar-refractivity contribution < 1.29 is 9.53 Å². The van der Waals surface area contributed by atoms with Crippen LogP contribution in [0.5, 0.6) is 0 Å². The maximum absolute atomic E-state index is 11.8. The summed E-state index contributed by atoms with van der Waals surface area (Å²) < 4.78 is 5.25. The number of H-pyrrole nitrogens is 1. The van der Waals surface area contributed by atoms with E-state index in [4.69, 9.17) is 4.74 Å². The number of hydrogen-bond donors (Lipinski definition) is 3. The molecular formula is C15H27N5O2. The summed E-state index contributed by atoms with van der Waals surface area (Å²) >= 11 is 0. The predicted molar refractivity (Wildman–Crippen MR) is 85.8 cm³/mol. The summed E-state index contributed by atoms with van der Waals surface area (Å²) in [5.74, 6) is 0.592. The van der Waals surface area contributed by atoms with Crippen LogP contribution in [-0.4, -0.2) is 53.0 Å². The highest BCUT2D eigenvalue weighted by molar-refractivity contribution is 5.84. The zero-order chi connectivity index (χ0) is 16.2. The SMILES string of the molecule is CN1CCC(NCc2cn[nH]c2NC(=O)OC(C)(C)C)CC1. The lowest BCUT2D eigenvalue weighted by Crippen LogP contribution is -2.40. The Morgan fingerprint density at radius 3 is 2.77 bits per heavy atom. The summed E-state index contributed by atoms with van der Waals surface area (Å²) in [7, 11) is 2.15. The van der Waals surface area contributed by atoms with Crippen molar-refractivity contribution in [1.82, 2.24) is 20.4 Å². The van der Waals surface area contributed by atoms with Crippen LogP contribution >= 0.6 is 0 Å². The van der Waals surface area contributed by atoms with Crippen molar-refractivity contribution in [3.05, 3.63) is 11.8 Å². The first kappa shape index (κ1) is 16.8. The monoisotopic (exact) mass is 309 g/mol. The van der Waals surface area contributed by atoms with Crippen LogP contribution in [0.2, 0.25) is 0 Å².